The fraction of sp³-hybridized carbons (Fsp3) is 0.273. The highest BCUT2D eigenvalue weighted by Gasteiger charge is 2.14. The average molecular weight is 246 g/mol. The van der Waals surface area contributed by atoms with Gasteiger partial charge in [0.2, 0.25) is 0 Å². The normalized spacial score (nSPS) is 10.3. The van der Waals surface area contributed by atoms with Crippen LogP contribution in [0.15, 0.2) is 18.5 Å². The van der Waals surface area contributed by atoms with Gasteiger partial charge < -0.3 is 11.1 Å². The van der Waals surface area contributed by atoms with Gasteiger partial charge in [-0.3, -0.25) is 9.48 Å². The van der Waals surface area contributed by atoms with Crippen LogP contribution in [-0.4, -0.2) is 25.7 Å². The number of nitrogens with one attached hydrogen (secondary N) is 1. The molecule has 0 aliphatic heterocycles. The van der Waals surface area contributed by atoms with Crippen LogP contribution in [0.25, 0.3) is 0 Å². The van der Waals surface area contributed by atoms with Crippen LogP contribution in [0, 0.1) is 6.92 Å². The van der Waals surface area contributed by atoms with E-state index in [2.05, 4.69) is 20.4 Å². The van der Waals surface area contributed by atoms with Crippen molar-refractivity contribution in [1.82, 2.24) is 25.1 Å². The number of carbonyl (C=O) groups excluding carboxylic acids is 1. The van der Waals surface area contributed by atoms with Crippen LogP contribution >= 0.6 is 0 Å². The monoisotopic (exact) mass is 246 g/mol. The molecule has 0 saturated heterocycles. The van der Waals surface area contributed by atoms with E-state index < -0.39 is 0 Å². The number of rotatable bonds is 3. The number of aryl methyl sites for hydroxylation is 2. The summed E-state index contributed by atoms with van der Waals surface area (Å²) < 4.78 is 1.44. The second kappa shape index (κ2) is 4.82. The Balaban J connectivity index is 2.05. The van der Waals surface area contributed by atoms with Gasteiger partial charge in [-0.25, -0.2) is 9.97 Å². The summed E-state index contributed by atoms with van der Waals surface area (Å²) in [6, 6.07) is 1.75. The van der Waals surface area contributed by atoms with Gasteiger partial charge in [0.15, 0.2) is 0 Å². The zero-order valence-electron chi connectivity index (χ0n) is 10.2. The largest absolute Gasteiger partial charge is 0.396 e. The van der Waals surface area contributed by atoms with Gasteiger partial charge in [-0.2, -0.15) is 5.10 Å². The Labute approximate surface area is 104 Å². The maximum Gasteiger partial charge on any atom is 0.272 e. The molecule has 94 valence electrons. The molecule has 0 aromatic carbocycles. The zero-order valence-corrected chi connectivity index (χ0v) is 10.2. The fourth-order valence-electron chi connectivity index (χ4n) is 1.59. The molecule has 3 N–H and O–H groups in total. The maximum absolute atomic E-state index is 11.9. The number of nitrogens with two attached hydrogens (primary N) is 1. The van der Waals surface area contributed by atoms with E-state index in [1.54, 1.807) is 26.2 Å². The first-order chi connectivity index (χ1) is 8.58. The summed E-state index contributed by atoms with van der Waals surface area (Å²) >= 11 is 0. The van der Waals surface area contributed by atoms with Gasteiger partial charge >= 0.3 is 0 Å². The van der Waals surface area contributed by atoms with Crippen LogP contribution in [-0.2, 0) is 13.6 Å². The number of nitrogen functional groups attached to an aromatic ring is 1. The molecule has 0 aliphatic carbocycles. The van der Waals surface area contributed by atoms with E-state index in [1.165, 1.54) is 10.9 Å². The van der Waals surface area contributed by atoms with Crippen molar-refractivity contribution in [2.24, 2.45) is 7.05 Å². The van der Waals surface area contributed by atoms with Crippen LogP contribution in [0.4, 0.5) is 5.69 Å². The van der Waals surface area contributed by atoms with Crippen molar-refractivity contribution in [1.29, 1.82) is 0 Å². The lowest BCUT2D eigenvalue weighted by molar-refractivity contribution is 0.0942. The van der Waals surface area contributed by atoms with Gasteiger partial charge in [0.25, 0.3) is 5.91 Å². The van der Waals surface area contributed by atoms with E-state index in [1.807, 2.05) is 0 Å². The Morgan fingerprint density at radius 1 is 1.56 bits per heavy atom. The van der Waals surface area contributed by atoms with Crippen molar-refractivity contribution in [2.75, 3.05) is 5.73 Å². The van der Waals surface area contributed by atoms with Gasteiger partial charge in [-0.05, 0) is 13.0 Å². The molecule has 2 aromatic heterocycles. The molecule has 2 heterocycles. The Hall–Kier alpha value is -2.44. The van der Waals surface area contributed by atoms with E-state index in [9.17, 15) is 4.79 Å². The summed E-state index contributed by atoms with van der Waals surface area (Å²) in [6.45, 7) is 2.12. The molecule has 2 rings (SSSR count). The Bertz CT molecular complexity index is 557. The molecule has 7 heteroatoms. The van der Waals surface area contributed by atoms with E-state index >= 15 is 0 Å². The first kappa shape index (κ1) is 12.0. The number of hydrogen-bond acceptors (Lipinski definition) is 5. The summed E-state index contributed by atoms with van der Waals surface area (Å²) in [4.78, 5) is 20.1. The van der Waals surface area contributed by atoms with Crippen LogP contribution in [0.2, 0.25) is 0 Å². The standard InChI is InChI=1S/C11H14N6O/c1-7-13-4-3-8(16-7)5-14-11(18)10-9(12)6-15-17(10)2/h3-4,6H,5,12H2,1-2H3,(H,14,18). The zero-order chi connectivity index (χ0) is 13.1. The molecule has 0 aliphatic rings. The minimum atomic E-state index is -0.274. The second-order valence-electron chi connectivity index (χ2n) is 3.85. The van der Waals surface area contributed by atoms with Crippen molar-refractivity contribution in [3.8, 4) is 0 Å². The van der Waals surface area contributed by atoms with Crippen molar-refractivity contribution < 1.29 is 4.79 Å². The smallest absolute Gasteiger partial charge is 0.272 e. The molecule has 0 spiro atoms. The van der Waals surface area contributed by atoms with Crippen LogP contribution in [0.3, 0.4) is 0 Å². The summed E-state index contributed by atoms with van der Waals surface area (Å²) in [7, 11) is 1.67. The predicted molar refractivity (Wildman–Crippen MR) is 65.6 cm³/mol. The number of carbonyl (C=O) groups is 1. The predicted octanol–water partition coefficient (Wildman–Crippen LogP) is 0.0307. The molecule has 18 heavy (non-hydrogen) atoms. The molecule has 0 unspecified atom stereocenters. The molecule has 0 atom stereocenters. The van der Waals surface area contributed by atoms with E-state index in [0.717, 1.165) is 5.69 Å². The average Bonchev–Trinajstić information content (AvgIpc) is 2.66. The van der Waals surface area contributed by atoms with Gasteiger partial charge in [-0.1, -0.05) is 0 Å². The Morgan fingerprint density at radius 2 is 2.33 bits per heavy atom. The SMILES string of the molecule is Cc1nccc(CNC(=O)c2c(N)cnn2C)n1. The van der Waals surface area contributed by atoms with Crippen LogP contribution < -0.4 is 11.1 Å². The molecule has 0 radical (unpaired) electrons. The van der Waals surface area contributed by atoms with E-state index in [-0.39, 0.29) is 5.91 Å². The number of hydrogen-bond donors (Lipinski definition) is 2. The molecule has 1 amide bonds. The molecule has 2 aromatic rings. The van der Waals surface area contributed by atoms with Crippen molar-refractivity contribution >= 4 is 11.6 Å². The maximum atomic E-state index is 11.9. The summed E-state index contributed by atoms with van der Waals surface area (Å²) in [5, 5.41) is 6.65. The molecular weight excluding hydrogens is 232 g/mol. The lowest BCUT2D eigenvalue weighted by atomic mass is 10.3. The molecular formula is C11H14N6O. The van der Waals surface area contributed by atoms with Crippen LogP contribution in [0.5, 0.6) is 0 Å². The minimum absolute atomic E-state index is 0.274. The molecule has 0 saturated carbocycles. The number of amides is 1. The van der Waals surface area contributed by atoms with Gasteiger partial charge in [0.05, 0.1) is 24.1 Å². The topological polar surface area (TPSA) is 98.7 Å². The third kappa shape index (κ3) is 2.45. The quantitative estimate of drug-likeness (QED) is 0.796. The fourth-order valence-corrected chi connectivity index (χ4v) is 1.59. The minimum Gasteiger partial charge on any atom is -0.396 e. The second-order valence-corrected chi connectivity index (χ2v) is 3.85. The Morgan fingerprint density at radius 3 is 2.94 bits per heavy atom. The summed E-state index contributed by atoms with van der Waals surface area (Å²) in [6.07, 6.45) is 3.10. The first-order valence-corrected chi connectivity index (χ1v) is 5.42. The lowest BCUT2D eigenvalue weighted by Crippen LogP contribution is -2.26. The van der Waals surface area contributed by atoms with Crippen molar-refractivity contribution in [3.05, 3.63) is 35.7 Å². The summed E-state index contributed by atoms with van der Waals surface area (Å²) in [5.41, 5.74) is 7.12. The lowest BCUT2D eigenvalue weighted by Gasteiger charge is -2.06. The van der Waals surface area contributed by atoms with Gasteiger partial charge in [0.1, 0.15) is 11.5 Å². The molecule has 7 nitrogen and oxygen atoms in total. The number of aromatic nitrogens is 4. The van der Waals surface area contributed by atoms with E-state index in [0.29, 0.717) is 23.8 Å². The van der Waals surface area contributed by atoms with Gasteiger partial charge in [0, 0.05) is 13.2 Å². The van der Waals surface area contributed by atoms with E-state index in [4.69, 9.17) is 5.73 Å². The van der Waals surface area contributed by atoms with Gasteiger partial charge in [-0.15, -0.1) is 0 Å². The first-order valence-electron chi connectivity index (χ1n) is 5.42. The highest BCUT2D eigenvalue weighted by molar-refractivity contribution is 5.97. The third-order valence-electron chi connectivity index (χ3n) is 2.45. The highest BCUT2D eigenvalue weighted by Crippen LogP contribution is 2.08. The number of anilines is 1. The summed E-state index contributed by atoms with van der Waals surface area (Å²) in [5.74, 6) is 0.394. The highest BCUT2D eigenvalue weighted by atomic mass is 16.2. The Kier molecular flexibility index (Phi) is 3.22. The van der Waals surface area contributed by atoms with Crippen molar-refractivity contribution in [2.45, 2.75) is 13.5 Å². The van der Waals surface area contributed by atoms with Crippen molar-refractivity contribution in [3.63, 3.8) is 0 Å². The molecule has 0 bridgehead atoms. The van der Waals surface area contributed by atoms with Crippen LogP contribution in [0.1, 0.15) is 22.0 Å². The number of nitrogens with zero attached hydrogens (tertiary/aromatic N) is 4. The third-order valence-corrected chi connectivity index (χ3v) is 2.45. The molecule has 0 fully saturated rings.